The minimum Gasteiger partial charge on any atom is -0.451 e. The lowest BCUT2D eigenvalue weighted by atomic mass is 9.92. The monoisotopic (exact) mass is 611 g/mol. The number of ether oxygens (including phenoxy) is 4. The number of amides is 1. The summed E-state index contributed by atoms with van der Waals surface area (Å²) in [4.78, 5) is 41.0. The van der Waals surface area contributed by atoms with Crippen LogP contribution in [0.25, 0.3) is 0 Å². The largest absolute Gasteiger partial charge is 0.510 e. The van der Waals surface area contributed by atoms with Gasteiger partial charge in [0.15, 0.2) is 17.3 Å². The maximum atomic E-state index is 15.5. The number of nitrogens with zero attached hydrogens (tertiary/aromatic N) is 3. The highest BCUT2D eigenvalue weighted by atomic mass is 32.2. The Balaban J connectivity index is 1.44. The Labute approximate surface area is 249 Å². The SMILES string of the molecule is COC(=O)OCOc1c2n(ccc1=O)N([C@@H]1c3ccc(C4CC4)cc3SCc3c1ccc(F)c3F)[C@@H]1COCCN1C2=O. The molecule has 1 saturated heterocycles. The molecule has 1 aromatic heterocycles. The molecule has 4 aliphatic rings. The summed E-state index contributed by atoms with van der Waals surface area (Å²) in [6.07, 6.45) is 2.01. The second-order valence-electron chi connectivity index (χ2n) is 10.7. The number of carbonyl (C=O) groups excluding carboxylic acids is 2. The lowest BCUT2D eigenvalue weighted by molar-refractivity contribution is -0.0209. The number of rotatable bonds is 5. The topological polar surface area (TPSA) is 99.5 Å². The van der Waals surface area contributed by atoms with Crippen LogP contribution in [0.3, 0.4) is 0 Å². The summed E-state index contributed by atoms with van der Waals surface area (Å²) in [6.45, 7) is -0.0379. The van der Waals surface area contributed by atoms with Gasteiger partial charge in [-0.2, -0.15) is 0 Å². The molecule has 1 saturated carbocycles. The first-order valence-electron chi connectivity index (χ1n) is 13.9. The third-order valence-corrected chi connectivity index (χ3v) is 9.34. The van der Waals surface area contributed by atoms with Gasteiger partial charge < -0.3 is 23.8 Å². The van der Waals surface area contributed by atoms with Crippen molar-refractivity contribution in [3.05, 3.63) is 92.4 Å². The summed E-state index contributed by atoms with van der Waals surface area (Å²) in [5.74, 6) is -1.96. The van der Waals surface area contributed by atoms with Crippen molar-refractivity contribution in [2.24, 2.45) is 0 Å². The zero-order valence-electron chi connectivity index (χ0n) is 23.1. The maximum Gasteiger partial charge on any atom is 0.510 e. The van der Waals surface area contributed by atoms with E-state index >= 15 is 4.39 Å². The third kappa shape index (κ3) is 4.70. The van der Waals surface area contributed by atoms with Gasteiger partial charge >= 0.3 is 6.16 Å². The number of halogens is 2. The molecule has 4 heterocycles. The highest BCUT2D eigenvalue weighted by molar-refractivity contribution is 7.98. The van der Waals surface area contributed by atoms with E-state index in [1.165, 1.54) is 34.3 Å². The van der Waals surface area contributed by atoms with Gasteiger partial charge in [-0.25, -0.2) is 13.6 Å². The van der Waals surface area contributed by atoms with Crippen LogP contribution in [0.5, 0.6) is 5.75 Å². The number of methoxy groups -OCH3 is 1. The van der Waals surface area contributed by atoms with Gasteiger partial charge in [-0.15, -0.1) is 11.8 Å². The Kier molecular flexibility index (Phi) is 7.01. The normalized spacial score (nSPS) is 20.8. The van der Waals surface area contributed by atoms with Gasteiger partial charge in [0.1, 0.15) is 6.17 Å². The van der Waals surface area contributed by atoms with Gasteiger partial charge in [-0.3, -0.25) is 19.3 Å². The van der Waals surface area contributed by atoms with E-state index in [1.54, 1.807) is 11.0 Å². The molecular weight excluding hydrogens is 584 g/mol. The Hall–Kier alpha value is -4.10. The van der Waals surface area contributed by atoms with Gasteiger partial charge in [-0.05, 0) is 47.6 Å². The second kappa shape index (κ2) is 10.9. The van der Waals surface area contributed by atoms with Crippen molar-refractivity contribution in [1.82, 2.24) is 9.58 Å². The zero-order chi connectivity index (χ0) is 29.8. The fourth-order valence-electron chi connectivity index (χ4n) is 6.04. The quantitative estimate of drug-likeness (QED) is 0.310. The molecule has 2 aromatic carbocycles. The Morgan fingerprint density at radius 3 is 2.72 bits per heavy atom. The van der Waals surface area contributed by atoms with Gasteiger partial charge in [0.2, 0.25) is 18.0 Å². The Morgan fingerprint density at radius 2 is 1.93 bits per heavy atom. The average Bonchev–Trinajstić information content (AvgIpc) is 3.88. The number of morpholine rings is 1. The predicted octanol–water partition coefficient (Wildman–Crippen LogP) is 4.27. The molecule has 3 aliphatic heterocycles. The summed E-state index contributed by atoms with van der Waals surface area (Å²) in [5.41, 5.74) is 2.12. The van der Waals surface area contributed by atoms with Crippen LogP contribution in [0.15, 0.2) is 52.3 Å². The Bertz CT molecular complexity index is 1690. The standard InChI is InChI=1S/C30H27F2N3O7S/c1-39-30(38)42-15-41-28-22(36)8-9-34-27(28)29(37)33-10-11-40-13-24(33)35(34)26-18-6-7-21(31)25(32)20(18)14-43-23-12-17(16-2-3-16)4-5-19(23)26/h4-9,12,16,24,26H,2-3,10-11,13-15H2,1H3/t24-,26+/m1/s1. The van der Waals surface area contributed by atoms with Crippen LogP contribution < -0.4 is 15.2 Å². The van der Waals surface area contributed by atoms with E-state index < -0.39 is 48.1 Å². The highest BCUT2D eigenvalue weighted by Gasteiger charge is 2.46. The van der Waals surface area contributed by atoms with E-state index in [9.17, 15) is 18.8 Å². The van der Waals surface area contributed by atoms with E-state index in [0.29, 0.717) is 11.5 Å². The van der Waals surface area contributed by atoms with E-state index in [0.717, 1.165) is 36.5 Å². The van der Waals surface area contributed by atoms with Crippen LogP contribution in [0, 0.1) is 11.6 Å². The number of thioether (sulfide) groups is 1. The molecule has 0 radical (unpaired) electrons. The molecule has 43 heavy (non-hydrogen) atoms. The van der Waals surface area contributed by atoms with Gasteiger partial charge in [0, 0.05) is 35.0 Å². The van der Waals surface area contributed by atoms with Crippen LogP contribution in [0.2, 0.25) is 0 Å². The smallest absolute Gasteiger partial charge is 0.451 e. The fourth-order valence-corrected chi connectivity index (χ4v) is 7.20. The number of carbonyl (C=O) groups is 2. The number of hydrogen-bond donors (Lipinski definition) is 0. The summed E-state index contributed by atoms with van der Waals surface area (Å²) in [6, 6.07) is 9.45. The molecule has 224 valence electrons. The summed E-state index contributed by atoms with van der Waals surface area (Å²) >= 11 is 1.45. The average molecular weight is 612 g/mol. The van der Waals surface area contributed by atoms with Crippen molar-refractivity contribution in [3.8, 4) is 5.75 Å². The van der Waals surface area contributed by atoms with Gasteiger partial charge in [-0.1, -0.05) is 18.2 Å². The van der Waals surface area contributed by atoms with Crippen molar-refractivity contribution >= 4 is 23.8 Å². The van der Waals surface area contributed by atoms with Crippen LogP contribution in [0.1, 0.15) is 57.5 Å². The number of fused-ring (bicyclic) bond motifs is 4. The second-order valence-corrected chi connectivity index (χ2v) is 11.7. The molecule has 3 aromatic rings. The van der Waals surface area contributed by atoms with Crippen molar-refractivity contribution < 1.29 is 37.3 Å². The van der Waals surface area contributed by atoms with Crippen LogP contribution in [-0.4, -0.2) is 61.5 Å². The molecule has 0 spiro atoms. The van der Waals surface area contributed by atoms with E-state index in [1.807, 2.05) is 11.1 Å². The molecular formula is C30H27F2N3O7S. The molecule has 7 rings (SSSR count). The predicted molar refractivity (Wildman–Crippen MR) is 150 cm³/mol. The molecule has 0 N–H and O–H groups in total. The van der Waals surface area contributed by atoms with Gasteiger partial charge in [0.25, 0.3) is 5.91 Å². The van der Waals surface area contributed by atoms with Crippen molar-refractivity contribution in [3.63, 3.8) is 0 Å². The lowest BCUT2D eigenvalue weighted by Gasteiger charge is -2.51. The summed E-state index contributed by atoms with van der Waals surface area (Å²) < 4.78 is 52.3. The van der Waals surface area contributed by atoms with Crippen LogP contribution in [0.4, 0.5) is 13.6 Å². The van der Waals surface area contributed by atoms with E-state index in [2.05, 4.69) is 16.9 Å². The maximum absolute atomic E-state index is 15.5. The van der Waals surface area contributed by atoms with Crippen LogP contribution >= 0.6 is 11.8 Å². The molecule has 2 fully saturated rings. The fraction of sp³-hybridized carbons (Fsp3) is 0.367. The van der Waals surface area contributed by atoms with E-state index in [-0.39, 0.29) is 42.5 Å². The molecule has 1 amide bonds. The minimum atomic E-state index is -1.02. The molecule has 13 heteroatoms. The molecule has 1 aliphatic carbocycles. The van der Waals surface area contributed by atoms with Crippen molar-refractivity contribution in [2.45, 2.75) is 41.6 Å². The molecule has 2 atom stereocenters. The minimum absolute atomic E-state index is 0.0868. The van der Waals surface area contributed by atoms with E-state index in [4.69, 9.17) is 14.2 Å². The van der Waals surface area contributed by atoms with Crippen molar-refractivity contribution in [1.29, 1.82) is 0 Å². The molecule has 10 nitrogen and oxygen atoms in total. The van der Waals surface area contributed by atoms with Gasteiger partial charge in [0.05, 0.1) is 26.4 Å². The zero-order valence-corrected chi connectivity index (χ0v) is 23.9. The summed E-state index contributed by atoms with van der Waals surface area (Å²) in [5, 5.41) is 1.86. The lowest BCUT2D eigenvalue weighted by Crippen LogP contribution is -2.66. The number of hydrogen-bond acceptors (Lipinski definition) is 9. The number of pyridine rings is 1. The first-order valence-corrected chi connectivity index (χ1v) is 14.9. The Morgan fingerprint density at radius 1 is 1.12 bits per heavy atom. The first-order chi connectivity index (χ1) is 20.9. The number of benzene rings is 2. The molecule has 0 bridgehead atoms. The van der Waals surface area contributed by atoms with Crippen molar-refractivity contribution in [2.75, 3.05) is 38.7 Å². The van der Waals surface area contributed by atoms with Crippen LogP contribution in [-0.2, 0) is 20.0 Å². The number of aromatic nitrogens is 1. The third-order valence-electron chi connectivity index (χ3n) is 8.25. The summed E-state index contributed by atoms with van der Waals surface area (Å²) in [7, 11) is 1.13. The molecule has 0 unspecified atom stereocenters. The highest BCUT2D eigenvalue weighted by Crippen LogP contribution is 2.48. The first kappa shape index (κ1) is 27.7.